The van der Waals surface area contributed by atoms with E-state index in [2.05, 4.69) is 53.1 Å². The molecule has 0 radical (unpaired) electrons. The van der Waals surface area contributed by atoms with Gasteiger partial charge in [0.05, 0.1) is 5.52 Å². The Hall–Kier alpha value is -1.45. The zero-order valence-electron chi connectivity index (χ0n) is 13.6. The molecular formula is C19H25N3. The van der Waals surface area contributed by atoms with Gasteiger partial charge in [0.25, 0.3) is 0 Å². The van der Waals surface area contributed by atoms with Crippen LogP contribution in [0.15, 0.2) is 36.5 Å². The van der Waals surface area contributed by atoms with Gasteiger partial charge in [-0.1, -0.05) is 12.1 Å². The molecule has 3 nitrogen and oxygen atoms in total. The third kappa shape index (κ3) is 2.53. The second-order valence-corrected chi connectivity index (χ2v) is 7.28. The van der Waals surface area contributed by atoms with Crippen LogP contribution < -0.4 is 0 Å². The number of benzene rings is 1. The smallest absolute Gasteiger partial charge is 0.0702 e. The van der Waals surface area contributed by atoms with Gasteiger partial charge < -0.3 is 4.90 Å². The van der Waals surface area contributed by atoms with E-state index >= 15 is 0 Å². The topological polar surface area (TPSA) is 19.4 Å². The third-order valence-corrected chi connectivity index (χ3v) is 5.53. The molecule has 1 unspecified atom stereocenters. The van der Waals surface area contributed by atoms with Crippen molar-refractivity contribution in [3.8, 4) is 0 Å². The number of likely N-dealkylation sites (tertiary alicyclic amines) is 1. The minimum atomic E-state index is 0.803. The standard InChI is InChI=1S/C19H25N3/c1-21(2)19-16-6-7-17(19)13-22(12-16)11-14-5-8-18-15(10-14)4-3-9-20-18/h3-5,8-10,16-17,19H,6-7,11-13H2,1-2H3/t16-,17+,19?. The lowest BCUT2D eigenvalue weighted by atomic mass is 9.91. The Kier molecular flexibility index (Phi) is 3.63. The molecule has 1 aromatic heterocycles. The summed E-state index contributed by atoms with van der Waals surface area (Å²) in [4.78, 5) is 9.54. The Morgan fingerprint density at radius 2 is 1.91 bits per heavy atom. The van der Waals surface area contributed by atoms with Crippen molar-refractivity contribution in [2.75, 3.05) is 27.2 Å². The fourth-order valence-corrected chi connectivity index (χ4v) is 4.74. The van der Waals surface area contributed by atoms with E-state index in [0.29, 0.717) is 0 Å². The monoisotopic (exact) mass is 295 g/mol. The van der Waals surface area contributed by atoms with Gasteiger partial charge in [0, 0.05) is 37.3 Å². The summed E-state index contributed by atoms with van der Waals surface area (Å²) >= 11 is 0. The van der Waals surface area contributed by atoms with E-state index in [-0.39, 0.29) is 0 Å². The van der Waals surface area contributed by atoms with Gasteiger partial charge in [0.1, 0.15) is 0 Å². The second-order valence-electron chi connectivity index (χ2n) is 7.28. The first-order valence-corrected chi connectivity index (χ1v) is 8.43. The molecule has 2 fully saturated rings. The van der Waals surface area contributed by atoms with Gasteiger partial charge >= 0.3 is 0 Å². The molecule has 22 heavy (non-hydrogen) atoms. The lowest BCUT2D eigenvalue weighted by Crippen LogP contribution is -2.50. The Morgan fingerprint density at radius 1 is 1.14 bits per heavy atom. The molecule has 2 aliphatic rings. The van der Waals surface area contributed by atoms with Crippen molar-refractivity contribution in [1.29, 1.82) is 0 Å². The molecular weight excluding hydrogens is 270 g/mol. The Balaban J connectivity index is 1.50. The highest BCUT2D eigenvalue weighted by atomic mass is 15.2. The van der Waals surface area contributed by atoms with Gasteiger partial charge in [-0.25, -0.2) is 0 Å². The van der Waals surface area contributed by atoms with E-state index in [4.69, 9.17) is 0 Å². The fraction of sp³-hybridized carbons (Fsp3) is 0.526. The number of aromatic nitrogens is 1. The van der Waals surface area contributed by atoms with Crippen LogP contribution in [0.5, 0.6) is 0 Å². The SMILES string of the molecule is CN(C)C1[C@@H]2CC[C@H]1CN(Cc1ccc3ncccc3c1)C2. The van der Waals surface area contributed by atoms with Crippen molar-refractivity contribution in [3.63, 3.8) is 0 Å². The van der Waals surface area contributed by atoms with Gasteiger partial charge in [-0.2, -0.15) is 0 Å². The van der Waals surface area contributed by atoms with Crippen LogP contribution in [-0.2, 0) is 6.54 Å². The number of fused-ring (bicyclic) bond motifs is 3. The lowest BCUT2D eigenvalue weighted by Gasteiger charge is -2.41. The van der Waals surface area contributed by atoms with E-state index in [1.54, 1.807) is 0 Å². The Bertz CT molecular complexity index is 653. The first kappa shape index (κ1) is 14.2. The summed E-state index contributed by atoms with van der Waals surface area (Å²) in [5.41, 5.74) is 2.51. The number of hydrogen-bond acceptors (Lipinski definition) is 3. The van der Waals surface area contributed by atoms with E-state index in [1.807, 2.05) is 12.3 Å². The van der Waals surface area contributed by atoms with Crippen LogP contribution in [0.1, 0.15) is 18.4 Å². The molecule has 0 spiro atoms. The lowest BCUT2D eigenvalue weighted by molar-refractivity contribution is 0.0714. The Morgan fingerprint density at radius 3 is 2.64 bits per heavy atom. The van der Waals surface area contributed by atoms with E-state index in [9.17, 15) is 0 Å². The van der Waals surface area contributed by atoms with Crippen molar-refractivity contribution in [2.24, 2.45) is 11.8 Å². The van der Waals surface area contributed by atoms with Gasteiger partial charge in [0.15, 0.2) is 0 Å². The predicted molar refractivity (Wildman–Crippen MR) is 90.7 cm³/mol. The van der Waals surface area contributed by atoms with Gasteiger partial charge in [-0.15, -0.1) is 0 Å². The predicted octanol–water partition coefficient (Wildman–Crippen LogP) is 3.01. The van der Waals surface area contributed by atoms with Crippen molar-refractivity contribution >= 4 is 10.9 Å². The van der Waals surface area contributed by atoms with Crippen LogP contribution in [0, 0.1) is 11.8 Å². The third-order valence-electron chi connectivity index (χ3n) is 5.53. The molecule has 1 saturated heterocycles. The summed E-state index contributed by atoms with van der Waals surface area (Å²) in [5, 5.41) is 1.26. The minimum absolute atomic E-state index is 0.803. The number of pyridine rings is 1. The number of rotatable bonds is 3. The normalized spacial score (nSPS) is 28.6. The summed E-state index contributed by atoms with van der Waals surface area (Å²) in [6.07, 6.45) is 4.68. The summed E-state index contributed by atoms with van der Waals surface area (Å²) in [6.45, 7) is 3.59. The summed E-state index contributed by atoms with van der Waals surface area (Å²) in [5.74, 6) is 1.71. The maximum absolute atomic E-state index is 4.41. The van der Waals surface area contributed by atoms with Crippen molar-refractivity contribution in [3.05, 3.63) is 42.1 Å². The first-order valence-electron chi connectivity index (χ1n) is 8.43. The largest absolute Gasteiger partial charge is 0.306 e. The molecule has 1 aliphatic heterocycles. The summed E-state index contributed by atoms with van der Waals surface area (Å²) in [7, 11) is 4.50. The molecule has 0 N–H and O–H groups in total. The average Bonchev–Trinajstić information content (AvgIpc) is 2.79. The van der Waals surface area contributed by atoms with Gasteiger partial charge in [0.2, 0.25) is 0 Å². The first-order chi connectivity index (χ1) is 10.7. The molecule has 2 bridgehead atoms. The van der Waals surface area contributed by atoms with Crippen LogP contribution in [0.3, 0.4) is 0 Å². The zero-order chi connectivity index (χ0) is 15.1. The molecule has 2 heterocycles. The maximum Gasteiger partial charge on any atom is 0.0702 e. The molecule has 4 rings (SSSR count). The van der Waals surface area contributed by atoms with Crippen LogP contribution >= 0.6 is 0 Å². The highest BCUT2D eigenvalue weighted by molar-refractivity contribution is 5.78. The summed E-state index contributed by atoms with van der Waals surface area (Å²) in [6, 6.07) is 11.7. The number of piperidine rings is 1. The van der Waals surface area contributed by atoms with Crippen LogP contribution in [0.25, 0.3) is 10.9 Å². The van der Waals surface area contributed by atoms with Crippen LogP contribution in [0.2, 0.25) is 0 Å². The molecule has 3 heteroatoms. The van der Waals surface area contributed by atoms with Crippen LogP contribution in [0.4, 0.5) is 0 Å². The maximum atomic E-state index is 4.41. The molecule has 3 atom stereocenters. The van der Waals surface area contributed by atoms with Crippen molar-refractivity contribution < 1.29 is 0 Å². The number of hydrogen-bond donors (Lipinski definition) is 0. The molecule has 1 aliphatic carbocycles. The second kappa shape index (κ2) is 5.64. The van der Waals surface area contributed by atoms with E-state index < -0.39 is 0 Å². The number of nitrogens with zero attached hydrogens (tertiary/aromatic N) is 3. The fourth-order valence-electron chi connectivity index (χ4n) is 4.74. The van der Waals surface area contributed by atoms with Gasteiger partial charge in [-0.05, 0) is 62.5 Å². The highest BCUT2D eigenvalue weighted by Crippen LogP contribution is 2.39. The molecule has 2 aromatic rings. The zero-order valence-corrected chi connectivity index (χ0v) is 13.6. The molecule has 1 aromatic carbocycles. The van der Waals surface area contributed by atoms with Crippen molar-refractivity contribution in [1.82, 2.24) is 14.8 Å². The van der Waals surface area contributed by atoms with E-state index in [0.717, 1.165) is 29.9 Å². The molecule has 116 valence electrons. The van der Waals surface area contributed by atoms with Crippen molar-refractivity contribution in [2.45, 2.75) is 25.4 Å². The average molecular weight is 295 g/mol. The quantitative estimate of drug-likeness (QED) is 0.868. The summed E-state index contributed by atoms with van der Waals surface area (Å²) < 4.78 is 0. The molecule has 0 amide bonds. The molecule has 1 saturated carbocycles. The minimum Gasteiger partial charge on any atom is -0.306 e. The van der Waals surface area contributed by atoms with Gasteiger partial charge in [-0.3, -0.25) is 9.88 Å². The Labute approximate surface area is 132 Å². The highest BCUT2D eigenvalue weighted by Gasteiger charge is 2.42. The van der Waals surface area contributed by atoms with E-state index in [1.165, 1.54) is 36.9 Å². The van der Waals surface area contributed by atoms with Crippen LogP contribution in [-0.4, -0.2) is 48.0 Å².